The average Bonchev–Trinajstić information content (AvgIpc) is 2.47. The van der Waals surface area contributed by atoms with E-state index in [9.17, 15) is 0 Å². The predicted molar refractivity (Wildman–Crippen MR) is 83.0 cm³/mol. The standard InChI is InChI=1S/C16H27N3O/c1-14(6-7-19-10-8-18(2)9-11-19)20-16-5-3-4-15(12-16)13-17/h3-5,12,14H,6-11,13,17H2,1-2H3. The van der Waals surface area contributed by atoms with Gasteiger partial charge in [0.05, 0.1) is 6.10 Å². The minimum absolute atomic E-state index is 0.239. The van der Waals surface area contributed by atoms with Crippen molar-refractivity contribution in [2.45, 2.75) is 26.0 Å². The van der Waals surface area contributed by atoms with Crippen molar-refractivity contribution in [1.29, 1.82) is 0 Å². The SMILES string of the molecule is CC(CCN1CCN(C)CC1)Oc1cccc(CN)c1. The van der Waals surface area contributed by atoms with Crippen LogP contribution in [-0.4, -0.2) is 55.7 Å². The fourth-order valence-electron chi connectivity index (χ4n) is 2.47. The predicted octanol–water partition coefficient (Wildman–Crippen LogP) is 1.55. The summed E-state index contributed by atoms with van der Waals surface area (Å²) in [4.78, 5) is 4.91. The third-order valence-corrected chi connectivity index (χ3v) is 3.92. The van der Waals surface area contributed by atoms with E-state index in [0.29, 0.717) is 6.54 Å². The second-order valence-electron chi connectivity index (χ2n) is 5.71. The first-order valence-corrected chi connectivity index (χ1v) is 7.54. The third kappa shape index (κ3) is 4.78. The van der Waals surface area contributed by atoms with Gasteiger partial charge in [0.25, 0.3) is 0 Å². The van der Waals surface area contributed by atoms with Gasteiger partial charge in [-0.05, 0) is 38.1 Å². The number of hydrogen-bond donors (Lipinski definition) is 1. The lowest BCUT2D eigenvalue weighted by Gasteiger charge is -2.32. The molecule has 0 amide bonds. The second-order valence-corrected chi connectivity index (χ2v) is 5.71. The molecule has 112 valence electrons. The fraction of sp³-hybridized carbons (Fsp3) is 0.625. The van der Waals surface area contributed by atoms with Crippen LogP contribution in [0.25, 0.3) is 0 Å². The van der Waals surface area contributed by atoms with Crippen LogP contribution in [0.15, 0.2) is 24.3 Å². The quantitative estimate of drug-likeness (QED) is 0.856. The van der Waals surface area contributed by atoms with Crippen LogP contribution in [0.5, 0.6) is 5.75 Å². The molecule has 4 nitrogen and oxygen atoms in total. The molecule has 1 unspecified atom stereocenters. The molecule has 1 aromatic carbocycles. The lowest BCUT2D eigenvalue weighted by molar-refractivity contribution is 0.129. The van der Waals surface area contributed by atoms with Crippen molar-refractivity contribution in [3.05, 3.63) is 29.8 Å². The zero-order valence-electron chi connectivity index (χ0n) is 12.7. The molecule has 20 heavy (non-hydrogen) atoms. The first-order valence-electron chi connectivity index (χ1n) is 7.54. The highest BCUT2D eigenvalue weighted by Gasteiger charge is 2.14. The van der Waals surface area contributed by atoms with Crippen LogP contribution in [0.1, 0.15) is 18.9 Å². The van der Waals surface area contributed by atoms with E-state index in [1.54, 1.807) is 0 Å². The van der Waals surface area contributed by atoms with Crippen molar-refractivity contribution in [3.63, 3.8) is 0 Å². The normalized spacial score (nSPS) is 18.9. The molecule has 1 aliphatic heterocycles. The van der Waals surface area contributed by atoms with Crippen molar-refractivity contribution >= 4 is 0 Å². The molecule has 1 aliphatic rings. The summed E-state index contributed by atoms with van der Waals surface area (Å²) in [5, 5.41) is 0. The lowest BCUT2D eigenvalue weighted by atomic mass is 10.2. The van der Waals surface area contributed by atoms with Gasteiger partial charge < -0.3 is 20.3 Å². The van der Waals surface area contributed by atoms with Gasteiger partial charge in [-0.2, -0.15) is 0 Å². The molecule has 0 radical (unpaired) electrons. The molecule has 0 aliphatic carbocycles. The van der Waals surface area contributed by atoms with E-state index in [4.69, 9.17) is 10.5 Å². The zero-order chi connectivity index (χ0) is 14.4. The van der Waals surface area contributed by atoms with Gasteiger partial charge in [-0.25, -0.2) is 0 Å². The Hall–Kier alpha value is -1.10. The molecule has 0 saturated carbocycles. The van der Waals surface area contributed by atoms with Crippen molar-refractivity contribution in [2.75, 3.05) is 39.8 Å². The number of benzene rings is 1. The number of nitrogens with two attached hydrogens (primary N) is 1. The number of rotatable bonds is 6. The van der Waals surface area contributed by atoms with Crippen LogP contribution in [-0.2, 0) is 6.54 Å². The summed E-state index contributed by atoms with van der Waals surface area (Å²) in [7, 11) is 2.19. The zero-order valence-corrected chi connectivity index (χ0v) is 12.7. The van der Waals surface area contributed by atoms with Gasteiger partial charge in [0.2, 0.25) is 0 Å². The molecule has 0 spiro atoms. The number of hydrogen-bond acceptors (Lipinski definition) is 4. The van der Waals surface area contributed by atoms with Crippen LogP contribution in [0.3, 0.4) is 0 Å². The maximum Gasteiger partial charge on any atom is 0.120 e. The molecule has 1 heterocycles. The van der Waals surface area contributed by atoms with Crippen molar-refractivity contribution in [2.24, 2.45) is 5.73 Å². The van der Waals surface area contributed by atoms with Gasteiger partial charge in [-0.15, -0.1) is 0 Å². The lowest BCUT2D eigenvalue weighted by Crippen LogP contribution is -2.45. The van der Waals surface area contributed by atoms with Crippen LogP contribution in [0, 0.1) is 0 Å². The van der Waals surface area contributed by atoms with Crippen molar-refractivity contribution in [1.82, 2.24) is 9.80 Å². The summed E-state index contributed by atoms with van der Waals surface area (Å²) >= 11 is 0. The number of ether oxygens (including phenoxy) is 1. The van der Waals surface area contributed by atoms with E-state index < -0.39 is 0 Å². The Kier molecular flexibility index (Phi) is 5.83. The van der Waals surface area contributed by atoms with Crippen LogP contribution in [0.2, 0.25) is 0 Å². The fourth-order valence-corrected chi connectivity index (χ4v) is 2.47. The second kappa shape index (κ2) is 7.62. The Balaban J connectivity index is 1.73. The van der Waals surface area contributed by atoms with Gasteiger partial charge in [0.1, 0.15) is 5.75 Å². The summed E-state index contributed by atoms with van der Waals surface area (Å²) in [5.41, 5.74) is 6.77. The van der Waals surface area contributed by atoms with E-state index in [1.165, 1.54) is 26.2 Å². The van der Waals surface area contributed by atoms with E-state index >= 15 is 0 Å². The molecule has 2 rings (SSSR count). The molecule has 0 bridgehead atoms. The van der Waals surface area contributed by atoms with Crippen LogP contribution >= 0.6 is 0 Å². The number of nitrogens with zero attached hydrogens (tertiary/aromatic N) is 2. The average molecular weight is 277 g/mol. The molecule has 1 aromatic rings. The summed E-state index contributed by atoms with van der Waals surface area (Å²) in [5.74, 6) is 0.929. The molecule has 0 aromatic heterocycles. The summed E-state index contributed by atoms with van der Waals surface area (Å²) in [6, 6.07) is 8.07. The third-order valence-electron chi connectivity index (χ3n) is 3.92. The maximum atomic E-state index is 5.98. The first kappa shape index (κ1) is 15.3. The highest BCUT2D eigenvalue weighted by Crippen LogP contribution is 2.16. The molecule has 1 fully saturated rings. The molecule has 2 N–H and O–H groups in total. The topological polar surface area (TPSA) is 41.7 Å². The van der Waals surface area contributed by atoms with Crippen LogP contribution < -0.4 is 10.5 Å². The minimum atomic E-state index is 0.239. The van der Waals surface area contributed by atoms with Gasteiger partial charge in [0.15, 0.2) is 0 Å². The molecular weight excluding hydrogens is 250 g/mol. The monoisotopic (exact) mass is 277 g/mol. The van der Waals surface area contributed by atoms with E-state index in [-0.39, 0.29) is 6.10 Å². The molecule has 1 atom stereocenters. The summed E-state index contributed by atoms with van der Waals surface area (Å²) < 4.78 is 5.98. The Morgan fingerprint density at radius 1 is 1.25 bits per heavy atom. The minimum Gasteiger partial charge on any atom is -0.491 e. The van der Waals surface area contributed by atoms with Gasteiger partial charge in [-0.1, -0.05) is 12.1 Å². The van der Waals surface area contributed by atoms with E-state index in [2.05, 4.69) is 23.8 Å². The van der Waals surface area contributed by atoms with Crippen molar-refractivity contribution in [3.8, 4) is 5.75 Å². The van der Waals surface area contributed by atoms with Gasteiger partial charge in [-0.3, -0.25) is 0 Å². The maximum absolute atomic E-state index is 5.98. The Morgan fingerprint density at radius 2 is 2.00 bits per heavy atom. The van der Waals surface area contributed by atoms with E-state index in [0.717, 1.165) is 24.3 Å². The largest absolute Gasteiger partial charge is 0.491 e. The number of piperazine rings is 1. The molecular formula is C16H27N3O. The van der Waals surface area contributed by atoms with Gasteiger partial charge in [0, 0.05) is 39.3 Å². The van der Waals surface area contributed by atoms with Crippen molar-refractivity contribution < 1.29 is 4.74 Å². The summed E-state index contributed by atoms with van der Waals surface area (Å²) in [6.45, 7) is 8.52. The Labute approximate surface area is 122 Å². The highest BCUT2D eigenvalue weighted by atomic mass is 16.5. The highest BCUT2D eigenvalue weighted by molar-refractivity contribution is 5.28. The Bertz CT molecular complexity index is 402. The smallest absolute Gasteiger partial charge is 0.120 e. The molecule has 1 saturated heterocycles. The number of likely N-dealkylation sites (N-methyl/N-ethyl adjacent to an activating group) is 1. The van der Waals surface area contributed by atoms with Gasteiger partial charge >= 0.3 is 0 Å². The van der Waals surface area contributed by atoms with E-state index in [1.807, 2.05) is 24.3 Å². The summed E-state index contributed by atoms with van der Waals surface area (Å²) in [6.07, 6.45) is 1.30. The molecule has 4 heteroatoms. The Morgan fingerprint density at radius 3 is 2.70 bits per heavy atom. The van der Waals surface area contributed by atoms with Crippen LogP contribution in [0.4, 0.5) is 0 Å². The first-order chi connectivity index (χ1) is 9.67.